The standard InChI is InChI=1S/C13H13N3O/c1-10-2-7-15-12(8-10)16-13(17)9-11-3-5-14-6-4-11/h2-8H,9H2,1H3,(H,15,16,17). The third kappa shape index (κ3) is 3.38. The molecular weight excluding hydrogens is 214 g/mol. The SMILES string of the molecule is Cc1ccnc(NC(=O)Cc2ccncc2)c1. The van der Waals surface area contributed by atoms with E-state index in [9.17, 15) is 4.79 Å². The summed E-state index contributed by atoms with van der Waals surface area (Å²) in [7, 11) is 0. The lowest BCUT2D eigenvalue weighted by molar-refractivity contribution is -0.115. The minimum atomic E-state index is -0.0747. The van der Waals surface area contributed by atoms with Crippen molar-refractivity contribution in [3.8, 4) is 0 Å². The molecule has 4 nitrogen and oxygen atoms in total. The number of nitrogens with one attached hydrogen (secondary N) is 1. The number of pyridine rings is 2. The van der Waals surface area contributed by atoms with Crippen LogP contribution in [0.5, 0.6) is 0 Å². The third-order valence-electron chi connectivity index (χ3n) is 2.30. The predicted molar refractivity (Wildman–Crippen MR) is 65.5 cm³/mol. The number of carbonyl (C=O) groups is 1. The van der Waals surface area contributed by atoms with Crippen LogP contribution < -0.4 is 5.32 Å². The van der Waals surface area contributed by atoms with Crippen LogP contribution in [0.25, 0.3) is 0 Å². The second kappa shape index (κ2) is 5.21. The number of amides is 1. The average Bonchev–Trinajstić information content (AvgIpc) is 2.30. The number of aromatic nitrogens is 2. The van der Waals surface area contributed by atoms with Crippen LogP contribution in [0.15, 0.2) is 42.9 Å². The zero-order valence-electron chi connectivity index (χ0n) is 9.55. The van der Waals surface area contributed by atoms with E-state index >= 15 is 0 Å². The largest absolute Gasteiger partial charge is 0.310 e. The smallest absolute Gasteiger partial charge is 0.229 e. The van der Waals surface area contributed by atoms with E-state index in [0.29, 0.717) is 12.2 Å². The molecule has 0 spiro atoms. The fourth-order valence-electron chi connectivity index (χ4n) is 1.48. The number of nitrogens with zero attached hydrogens (tertiary/aromatic N) is 2. The molecule has 0 aliphatic rings. The third-order valence-corrected chi connectivity index (χ3v) is 2.30. The van der Waals surface area contributed by atoms with E-state index in [0.717, 1.165) is 11.1 Å². The number of carbonyl (C=O) groups excluding carboxylic acids is 1. The van der Waals surface area contributed by atoms with Gasteiger partial charge in [0.1, 0.15) is 5.82 Å². The number of anilines is 1. The van der Waals surface area contributed by atoms with E-state index in [1.165, 1.54) is 0 Å². The number of rotatable bonds is 3. The topological polar surface area (TPSA) is 54.9 Å². The second-order valence-electron chi connectivity index (χ2n) is 3.80. The van der Waals surface area contributed by atoms with Gasteiger partial charge in [-0.05, 0) is 42.3 Å². The van der Waals surface area contributed by atoms with Gasteiger partial charge in [0.05, 0.1) is 6.42 Å². The summed E-state index contributed by atoms with van der Waals surface area (Å²) in [6.45, 7) is 1.96. The highest BCUT2D eigenvalue weighted by Gasteiger charge is 2.04. The van der Waals surface area contributed by atoms with Crippen molar-refractivity contribution in [3.63, 3.8) is 0 Å². The first-order chi connectivity index (χ1) is 8.24. The van der Waals surface area contributed by atoms with Gasteiger partial charge in [-0.25, -0.2) is 4.98 Å². The van der Waals surface area contributed by atoms with Crippen LogP contribution in [0.4, 0.5) is 5.82 Å². The molecule has 0 saturated carbocycles. The molecule has 0 atom stereocenters. The van der Waals surface area contributed by atoms with Crippen molar-refractivity contribution < 1.29 is 4.79 Å². The van der Waals surface area contributed by atoms with Crippen LogP contribution in [-0.2, 0) is 11.2 Å². The molecule has 0 saturated heterocycles. The minimum absolute atomic E-state index is 0.0747. The lowest BCUT2D eigenvalue weighted by Gasteiger charge is -2.04. The van der Waals surface area contributed by atoms with Crippen molar-refractivity contribution in [1.29, 1.82) is 0 Å². The zero-order valence-corrected chi connectivity index (χ0v) is 9.55. The van der Waals surface area contributed by atoms with Gasteiger partial charge in [0.2, 0.25) is 5.91 Å². The maximum atomic E-state index is 11.7. The second-order valence-corrected chi connectivity index (χ2v) is 3.80. The number of aryl methyl sites for hydroxylation is 1. The van der Waals surface area contributed by atoms with Crippen LogP contribution in [0, 0.1) is 6.92 Å². The quantitative estimate of drug-likeness (QED) is 0.872. The van der Waals surface area contributed by atoms with Crippen molar-refractivity contribution in [2.75, 3.05) is 5.32 Å². The van der Waals surface area contributed by atoms with Gasteiger partial charge in [0, 0.05) is 18.6 Å². The Morgan fingerprint density at radius 3 is 2.71 bits per heavy atom. The summed E-state index contributed by atoms with van der Waals surface area (Å²) in [6.07, 6.45) is 5.36. The minimum Gasteiger partial charge on any atom is -0.310 e. The average molecular weight is 227 g/mol. The Balaban J connectivity index is 1.98. The van der Waals surface area contributed by atoms with Gasteiger partial charge in [0.15, 0.2) is 0 Å². The lowest BCUT2D eigenvalue weighted by atomic mass is 10.2. The molecule has 0 aliphatic carbocycles. The Morgan fingerprint density at radius 2 is 2.00 bits per heavy atom. The van der Waals surface area contributed by atoms with E-state index in [1.807, 2.05) is 31.2 Å². The van der Waals surface area contributed by atoms with E-state index in [1.54, 1.807) is 18.6 Å². The first-order valence-electron chi connectivity index (χ1n) is 5.35. The fraction of sp³-hybridized carbons (Fsp3) is 0.154. The molecule has 0 radical (unpaired) electrons. The van der Waals surface area contributed by atoms with E-state index in [4.69, 9.17) is 0 Å². The molecule has 86 valence electrons. The Labute approximate surface area is 99.7 Å². The molecule has 0 aromatic carbocycles. The Hall–Kier alpha value is -2.23. The van der Waals surface area contributed by atoms with Gasteiger partial charge in [-0.2, -0.15) is 0 Å². The van der Waals surface area contributed by atoms with Gasteiger partial charge in [0.25, 0.3) is 0 Å². The molecule has 1 N–H and O–H groups in total. The highest BCUT2D eigenvalue weighted by molar-refractivity contribution is 5.91. The van der Waals surface area contributed by atoms with Crippen molar-refractivity contribution in [2.45, 2.75) is 13.3 Å². The maximum absolute atomic E-state index is 11.7. The summed E-state index contributed by atoms with van der Waals surface area (Å²) < 4.78 is 0. The predicted octanol–water partition coefficient (Wildman–Crippen LogP) is 1.97. The van der Waals surface area contributed by atoms with Gasteiger partial charge in [-0.15, -0.1) is 0 Å². The molecule has 0 aliphatic heterocycles. The molecular formula is C13H13N3O. The Kier molecular flexibility index (Phi) is 3.45. The molecule has 4 heteroatoms. The van der Waals surface area contributed by atoms with Gasteiger partial charge >= 0.3 is 0 Å². The summed E-state index contributed by atoms with van der Waals surface area (Å²) in [4.78, 5) is 19.7. The zero-order chi connectivity index (χ0) is 12.1. The molecule has 2 heterocycles. The number of hydrogen-bond donors (Lipinski definition) is 1. The van der Waals surface area contributed by atoms with E-state index < -0.39 is 0 Å². The Bertz CT molecular complexity index is 511. The van der Waals surface area contributed by atoms with Gasteiger partial charge in [-0.1, -0.05) is 0 Å². The van der Waals surface area contributed by atoms with Crippen molar-refractivity contribution in [1.82, 2.24) is 9.97 Å². The first kappa shape index (κ1) is 11.3. The fourth-order valence-corrected chi connectivity index (χ4v) is 1.48. The summed E-state index contributed by atoms with van der Waals surface area (Å²) >= 11 is 0. The molecule has 0 fully saturated rings. The van der Waals surface area contributed by atoms with Crippen molar-refractivity contribution in [3.05, 3.63) is 54.0 Å². The number of hydrogen-bond acceptors (Lipinski definition) is 3. The molecule has 2 rings (SSSR count). The molecule has 1 amide bonds. The van der Waals surface area contributed by atoms with Crippen molar-refractivity contribution in [2.24, 2.45) is 0 Å². The summed E-state index contributed by atoms with van der Waals surface area (Å²) in [5.74, 6) is 0.512. The molecule has 2 aromatic heterocycles. The lowest BCUT2D eigenvalue weighted by Crippen LogP contribution is -2.15. The molecule has 0 bridgehead atoms. The van der Waals surface area contributed by atoms with Crippen LogP contribution in [0.1, 0.15) is 11.1 Å². The van der Waals surface area contributed by atoms with Crippen LogP contribution in [-0.4, -0.2) is 15.9 Å². The van der Waals surface area contributed by atoms with Gasteiger partial charge in [-0.3, -0.25) is 9.78 Å². The normalized spacial score (nSPS) is 9.94. The monoisotopic (exact) mass is 227 g/mol. The van der Waals surface area contributed by atoms with E-state index in [2.05, 4.69) is 15.3 Å². The maximum Gasteiger partial charge on any atom is 0.229 e. The van der Waals surface area contributed by atoms with Gasteiger partial charge < -0.3 is 5.32 Å². The molecule has 17 heavy (non-hydrogen) atoms. The van der Waals surface area contributed by atoms with Crippen LogP contribution in [0.2, 0.25) is 0 Å². The van der Waals surface area contributed by atoms with Crippen LogP contribution in [0.3, 0.4) is 0 Å². The Morgan fingerprint density at radius 1 is 1.24 bits per heavy atom. The van der Waals surface area contributed by atoms with Crippen LogP contribution >= 0.6 is 0 Å². The highest BCUT2D eigenvalue weighted by Crippen LogP contribution is 2.06. The summed E-state index contributed by atoms with van der Waals surface area (Å²) in [5, 5.41) is 2.76. The summed E-state index contributed by atoms with van der Waals surface area (Å²) in [6, 6.07) is 7.37. The molecule has 2 aromatic rings. The first-order valence-corrected chi connectivity index (χ1v) is 5.35. The van der Waals surface area contributed by atoms with Crippen molar-refractivity contribution >= 4 is 11.7 Å². The summed E-state index contributed by atoms with van der Waals surface area (Å²) in [5.41, 5.74) is 2.00. The van der Waals surface area contributed by atoms with E-state index in [-0.39, 0.29) is 5.91 Å². The molecule has 0 unspecified atom stereocenters. The highest BCUT2D eigenvalue weighted by atomic mass is 16.1.